The molecule has 40 heavy (non-hydrogen) atoms. The molecule has 7 atom stereocenters. The van der Waals surface area contributed by atoms with Gasteiger partial charge in [0.05, 0.1) is 35.8 Å². The highest BCUT2D eigenvalue weighted by molar-refractivity contribution is 8.02. The molecule has 7 nitrogen and oxygen atoms in total. The zero-order valence-corrected chi connectivity index (χ0v) is 24.3. The second-order valence-corrected chi connectivity index (χ2v) is 13.3. The van der Waals surface area contributed by atoms with Gasteiger partial charge < -0.3 is 19.6 Å². The van der Waals surface area contributed by atoms with Crippen LogP contribution in [0.25, 0.3) is 0 Å². The molecule has 8 heteroatoms. The maximum Gasteiger partial charge on any atom is 0.310 e. The molecule has 0 aromatic heterocycles. The van der Waals surface area contributed by atoms with Gasteiger partial charge in [0.2, 0.25) is 11.8 Å². The molecule has 3 heterocycles. The summed E-state index contributed by atoms with van der Waals surface area (Å²) in [6, 6.07) is 8.03. The topological polar surface area (TPSA) is 87.1 Å². The summed E-state index contributed by atoms with van der Waals surface area (Å²) < 4.78 is 4.87. The molecule has 2 amide bonds. The van der Waals surface area contributed by atoms with Crippen molar-refractivity contribution in [3.05, 3.63) is 61.2 Å². The minimum absolute atomic E-state index is 0.0414. The number of hydrogen-bond acceptors (Lipinski definition) is 6. The van der Waals surface area contributed by atoms with Crippen LogP contribution in [0.15, 0.2) is 55.6 Å². The first-order valence-corrected chi connectivity index (χ1v) is 15.6. The fraction of sp³-hybridized carbons (Fsp3) is 0.594. The second-order valence-electron chi connectivity index (χ2n) is 11.7. The second kappa shape index (κ2) is 12.1. The van der Waals surface area contributed by atoms with E-state index < -0.39 is 28.7 Å². The van der Waals surface area contributed by atoms with E-state index >= 15 is 0 Å². The smallest absolute Gasteiger partial charge is 0.310 e. The van der Waals surface area contributed by atoms with Crippen LogP contribution in [0.3, 0.4) is 0 Å². The normalized spacial score (nSPS) is 32.0. The highest BCUT2D eigenvalue weighted by Crippen LogP contribution is 2.69. The van der Waals surface area contributed by atoms with Crippen molar-refractivity contribution in [1.82, 2.24) is 9.80 Å². The first-order chi connectivity index (χ1) is 19.4. The van der Waals surface area contributed by atoms with Crippen molar-refractivity contribution >= 4 is 29.5 Å². The lowest BCUT2D eigenvalue weighted by atomic mass is 9.66. The summed E-state index contributed by atoms with van der Waals surface area (Å²) >= 11 is 1.64. The Bertz CT molecular complexity index is 1120. The van der Waals surface area contributed by atoms with Crippen LogP contribution in [0.1, 0.15) is 63.5 Å². The summed E-state index contributed by atoms with van der Waals surface area (Å²) in [5.41, 5.74) is 0.776. The maximum atomic E-state index is 14.9. The standard InChI is InChI=1S/C32H42N2O5S/c1-4-6-18-39-31(38)26-25-19-21(3)32(40-25)27(26)29(36)34(24(20-35)22-13-9-7-10-14-22)28(32)30(37)33(17-5-2)23-15-11-8-12-16-23/h4-5,7,9-10,13-14,21,23-28,35H,1-2,6,8,11-12,15-20H2,3H3/t21?,24-,25-,26+,27+,28?,32?/m1/s1. The average Bonchev–Trinajstić information content (AvgIpc) is 3.57. The Kier molecular flexibility index (Phi) is 8.76. The van der Waals surface area contributed by atoms with Crippen LogP contribution >= 0.6 is 11.8 Å². The van der Waals surface area contributed by atoms with Gasteiger partial charge in [-0.3, -0.25) is 14.4 Å². The van der Waals surface area contributed by atoms with Crippen molar-refractivity contribution in [3.63, 3.8) is 0 Å². The molecule has 5 rings (SSSR count). The SMILES string of the molecule is C=CCCOC(=O)[C@@H]1[C@H]2C(=O)N([C@H](CO)c3ccccc3)C(C(=O)N(CC=C)C3CCCCC3)C23S[C@@H]1CC3C. The molecule has 0 radical (unpaired) electrons. The van der Waals surface area contributed by atoms with E-state index in [2.05, 4.69) is 20.1 Å². The van der Waals surface area contributed by atoms with Gasteiger partial charge in [0.1, 0.15) is 6.04 Å². The van der Waals surface area contributed by atoms with Gasteiger partial charge in [0.25, 0.3) is 0 Å². The highest BCUT2D eigenvalue weighted by Gasteiger charge is 2.77. The van der Waals surface area contributed by atoms with E-state index in [-0.39, 0.29) is 48.2 Å². The summed E-state index contributed by atoms with van der Waals surface area (Å²) in [5.74, 6) is -1.93. The highest BCUT2D eigenvalue weighted by atomic mass is 32.2. The fourth-order valence-electron chi connectivity index (χ4n) is 7.82. The number of likely N-dealkylation sites (tertiary alicyclic amines) is 1. The van der Waals surface area contributed by atoms with Gasteiger partial charge in [-0.2, -0.15) is 0 Å². The predicted octanol–water partition coefficient (Wildman–Crippen LogP) is 4.52. The molecule has 4 fully saturated rings. The lowest BCUT2D eigenvalue weighted by Gasteiger charge is -2.44. The van der Waals surface area contributed by atoms with Crippen LogP contribution < -0.4 is 0 Å². The molecule has 1 aromatic carbocycles. The zero-order valence-electron chi connectivity index (χ0n) is 23.5. The Balaban J connectivity index is 1.60. The number of carbonyl (C=O) groups excluding carboxylic acids is 3. The lowest BCUT2D eigenvalue weighted by molar-refractivity contribution is -0.155. The Morgan fingerprint density at radius 1 is 1.20 bits per heavy atom. The Hall–Kier alpha value is -2.58. The first-order valence-electron chi connectivity index (χ1n) is 14.7. The number of ether oxygens (including phenoxy) is 1. The molecule has 1 N–H and O–H groups in total. The van der Waals surface area contributed by atoms with Gasteiger partial charge >= 0.3 is 5.97 Å². The van der Waals surface area contributed by atoms with E-state index in [1.54, 1.807) is 28.8 Å². The minimum atomic E-state index is -0.791. The van der Waals surface area contributed by atoms with Crippen LogP contribution in [-0.2, 0) is 19.1 Å². The number of fused-ring (bicyclic) bond motifs is 1. The molecular formula is C32H42N2O5S. The number of thioether (sulfide) groups is 1. The van der Waals surface area contributed by atoms with Gasteiger partial charge in [0.15, 0.2) is 0 Å². The number of nitrogens with zero attached hydrogens (tertiary/aromatic N) is 2. The maximum absolute atomic E-state index is 14.9. The van der Waals surface area contributed by atoms with E-state index in [9.17, 15) is 19.5 Å². The minimum Gasteiger partial charge on any atom is -0.465 e. The Labute approximate surface area is 242 Å². The lowest BCUT2D eigenvalue weighted by Crippen LogP contribution is -2.59. The molecule has 4 aliphatic rings. The number of aliphatic hydroxyl groups excluding tert-OH is 1. The third kappa shape index (κ3) is 4.71. The molecule has 2 bridgehead atoms. The van der Waals surface area contributed by atoms with E-state index in [1.165, 1.54) is 0 Å². The predicted molar refractivity (Wildman–Crippen MR) is 156 cm³/mol. The molecular weight excluding hydrogens is 524 g/mol. The van der Waals surface area contributed by atoms with E-state index in [4.69, 9.17) is 4.74 Å². The third-order valence-electron chi connectivity index (χ3n) is 9.57. The molecule has 1 spiro atoms. The van der Waals surface area contributed by atoms with Crippen molar-refractivity contribution in [2.75, 3.05) is 19.8 Å². The summed E-state index contributed by atoms with van der Waals surface area (Å²) in [5, 5.41) is 10.6. The van der Waals surface area contributed by atoms with E-state index in [0.717, 1.165) is 44.1 Å². The van der Waals surface area contributed by atoms with E-state index in [1.807, 2.05) is 35.2 Å². The van der Waals surface area contributed by atoms with Crippen LogP contribution in [0.2, 0.25) is 0 Å². The molecule has 216 valence electrons. The quantitative estimate of drug-likeness (QED) is 0.241. The van der Waals surface area contributed by atoms with Gasteiger partial charge in [-0.15, -0.1) is 24.9 Å². The monoisotopic (exact) mass is 566 g/mol. The molecule has 1 saturated carbocycles. The number of hydrogen-bond donors (Lipinski definition) is 1. The molecule has 3 unspecified atom stereocenters. The molecule has 3 saturated heterocycles. The summed E-state index contributed by atoms with van der Waals surface area (Å²) in [7, 11) is 0. The van der Waals surface area contributed by atoms with E-state index in [0.29, 0.717) is 13.0 Å². The number of esters is 1. The number of carbonyl (C=O) groups is 3. The summed E-state index contributed by atoms with van der Waals surface area (Å²) in [4.78, 5) is 46.5. The fourth-order valence-corrected chi connectivity index (χ4v) is 10.2. The van der Waals surface area contributed by atoms with Gasteiger partial charge in [-0.25, -0.2) is 0 Å². The Morgan fingerprint density at radius 3 is 2.58 bits per heavy atom. The summed E-state index contributed by atoms with van der Waals surface area (Å²) in [6.07, 6.45) is 9.93. The van der Waals surface area contributed by atoms with Gasteiger partial charge in [0, 0.05) is 17.8 Å². The largest absolute Gasteiger partial charge is 0.465 e. The van der Waals surface area contributed by atoms with Crippen LogP contribution in [0.4, 0.5) is 0 Å². The van der Waals surface area contributed by atoms with Gasteiger partial charge in [-0.05, 0) is 37.2 Å². The van der Waals surface area contributed by atoms with Crippen LogP contribution in [0, 0.1) is 17.8 Å². The van der Waals surface area contributed by atoms with Crippen molar-refractivity contribution in [1.29, 1.82) is 0 Å². The number of rotatable bonds is 11. The average molecular weight is 567 g/mol. The van der Waals surface area contributed by atoms with Crippen molar-refractivity contribution < 1.29 is 24.2 Å². The van der Waals surface area contributed by atoms with Crippen molar-refractivity contribution in [2.45, 2.75) is 80.0 Å². The summed E-state index contributed by atoms with van der Waals surface area (Å²) in [6.45, 7) is 10.1. The molecule has 3 aliphatic heterocycles. The van der Waals surface area contributed by atoms with Gasteiger partial charge in [-0.1, -0.05) is 68.7 Å². The first kappa shape index (κ1) is 28.9. The van der Waals surface area contributed by atoms with Crippen LogP contribution in [-0.4, -0.2) is 74.5 Å². The van der Waals surface area contributed by atoms with Crippen LogP contribution in [0.5, 0.6) is 0 Å². The van der Waals surface area contributed by atoms with Crippen molar-refractivity contribution in [3.8, 4) is 0 Å². The number of benzene rings is 1. The number of aliphatic hydroxyl groups is 1. The molecule has 1 aromatic rings. The molecule has 1 aliphatic carbocycles. The number of amides is 2. The zero-order chi connectivity index (χ0) is 28.4. The Morgan fingerprint density at radius 2 is 1.93 bits per heavy atom. The third-order valence-corrected chi connectivity index (χ3v) is 11.6. The van der Waals surface area contributed by atoms with Crippen molar-refractivity contribution in [2.24, 2.45) is 17.8 Å².